The number of carbonyl (C=O) groups excluding carboxylic acids is 1. The summed E-state index contributed by atoms with van der Waals surface area (Å²) in [6.07, 6.45) is 1.92. The predicted octanol–water partition coefficient (Wildman–Crippen LogP) is 3.44. The van der Waals surface area contributed by atoms with Gasteiger partial charge in [0.1, 0.15) is 5.78 Å². The van der Waals surface area contributed by atoms with Crippen LogP contribution in [0.1, 0.15) is 25.5 Å². The number of benzene rings is 1. The lowest BCUT2D eigenvalue weighted by molar-refractivity contribution is -0.119. The van der Waals surface area contributed by atoms with Crippen LogP contribution in [0, 0.1) is 0 Å². The summed E-state index contributed by atoms with van der Waals surface area (Å²) in [6.45, 7) is 1.67. The Balaban J connectivity index is 2.16. The number of H-pyrrole nitrogens is 1. The molecule has 3 heteroatoms. The van der Waals surface area contributed by atoms with E-state index in [0.29, 0.717) is 0 Å². The zero-order valence-electron chi connectivity index (χ0n) is 9.01. The van der Waals surface area contributed by atoms with Crippen LogP contribution >= 0.6 is 11.6 Å². The number of nitrogens with one attached hydrogen (secondary N) is 1. The lowest BCUT2D eigenvalue weighted by Gasteiger charge is -2.07. The van der Waals surface area contributed by atoms with Crippen molar-refractivity contribution in [2.45, 2.75) is 25.2 Å². The van der Waals surface area contributed by atoms with Gasteiger partial charge in [0.25, 0.3) is 0 Å². The first-order valence-electron chi connectivity index (χ1n) is 5.42. The summed E-state index contributed by atoms with van der Waals surface area (Å²) in [6, 6.07) is 7.79. The van der Waals surface area contributed by atoms with Crippen LogP contribution in [0.15, 0.2) is 24.3 Å². The molecule has 1 fully saturated rings. The highest BCUT2D eigenvalue weighted by Gasteiger charge is 2.49. The molecule has 1 N–H and O–H groups in total. The van der Waals surface area contributed by atoms with Crippen molar-refractivity contribution in [3.8, 4) is 0 Å². The van der Waals surface area contributed by atoms with Gasteiger partial charge in [-0.15, -0.1) is 0 Å². The van der Waals surface area contributed by atoms with Crippen LogP contribution in [0.25, 0.3) is 10.9 Å². The first kappa shape index (κ1) is 9.91. The van der Waals surface area contributed by atoms with Crippen molar-refractivity contribution in [1.29, 1.82) is 0 Å². The maximum Gasteiger partial charge on any atom is 0.141 e. The van der Waals surface area contributed by atoms with Crippen LogP contribution in [-0.4, -0.2) is 10.8 Å². The Labute approximate surface area is 98.6 Å². The van der Waals surface area contributed by atoms with Gasteiger partial charge in [0.05, 0.1) is 5.41 Å². The van der Waals surface area contributed by atoms with Gasteiger partial charge in [-0.25, -0.2) is 0 Å². The number of ketones is 1. The van der Waals surface area contributed by atoms with Gasteiger partial charge in [-0.05, 0) is 44.0 Å². The van der Waals surface area contributed by atoms with E-state index < -0.39 is 0 Å². The maximum atomic E-state index is 11.6. The van der Waals surface area contributed by atoms with E-state index in [4.69, 9.17) is 11.6 Å². The number of Topliss-reactive ketones (excluding diaryl/α,β-unsaturated/α-hetero) is 1. The van der Waals surface area contributed by atoms with Crippen LogP contribution in [-0.2, 0) is 10.2 Å². The second-order valence-electron chi connectivity index (χ2n) is 4.55. The first-order valence-corrected chi connectivity index (χ1v) is 5.79. The Bertz CT molecular complexity index is 581. The highest BCUT2D eigenvalue weighted by atomic mass is 35.5. The zero-order valence-corrected chi connectivity index (χ0v) is 9.77. The molecule has 0 bridgehead atoms. The summed E-state index contributed by atoms with van der Waals surface area (Å²) >= 11 is 5.94. The van der Waals surface area contributed by atoms with Crippen molar-refractivity contribution >= 4 is 28.3 Å². The quantitative estimate of drug-likeness (QED) is 0.847. The molecule has 0 spiro atoms. The predicted molar refractivity (Wildman–Crippen MR) is 64.9 cm³/mol. The smallest absolute Gasteiger partial charge is 0.141 e. The van der Waals surface area contributed by atoms with Gasteiger partial charge in [-0.1, -0.05) is 11.6 Å². The van der Waals surface area contributed by atoms with Gasteiger partial charge in [-0.2, -0.15) is 0 Å². The summed E-state index contributed by atoms with van der Waals surface area (Å²) < 4.78 is 0. The molecule has 1 saturated carbocycles. The molecule has 0 atom stereocenters. The van der Waals surface area contributed by atoms with Gasteiger partial charge in [0.15, 0.2) is 0 Å². The van der Waals surface area contributed by atoms with E-state index in [9.17, 15) is 4.79 Å². The Morgan fingerprint density at radius 1 is 1.38 bits per heavy atom. The summed E-state index contributed by atoms with van der Waals surface area (Å²) in [4.78, 5) is 15.0. The molecule has 1 aromatic carbocycles. The van der Waals surface area contributed by atoms with Crippen molar-refractivity contribution in [2.24, 2.45) is 0 Å². The second-order valence-corrected chi connectivity index (χ2v) is 4.99. The lowest BCUT2D eigenvalue weighted by atomic mass is 9.98. The highest BCUT2D eigenvalue weighted by Crippen LogP contribution is 2.49. The molecule has 0 amide bonds. The monoisotopic (exact) mass is 233 g/mol. The third-order valence-corrected chi connectivity index (χ3v) is 3.76. The maximum absolute atomic E-state index is 11.6. The Morgan fingerprint density at radius 3 is 2.75 bits per heavy atom. The summed E-state index contributed by atoms with van der Waals surface area (Å²) in [5.74, 6) is 0.255. The molecule has 0 aliphatic heterocycles. The largest absolute Gasteiger partial charge is 0.358 e. The van der Waals surface area contributed by atoms with Crippen LogP contribution in [0.2, 0.25) is 5.02 Å². The fourth-order valence-electron chi connectivity index (χ4n) is 2.30. The van der Waals surface area contributed by atoms with E-state index in [1.807, 2.05) is 18.2 Å². The number of fused-ring (bicyclic) bond motifs is 1. The van der Waals surface area contributed by atoms with E-state index in [1.54, 1.807) is 6.92 Å². The molecule has 1 aromatic heterocycles. The molecule has 0 saturated heterocycles. The fourth-order valence-corrected chi connectivity index (χ4v) is 2.48. The zero-order chi connectivity index (χ0) is 11.3. The molecule has 82 valence electrons. The van der Waals surface area contributed by atoms with Gasteiger partial charge < -0.3 is 4.98 Å². The van der Waals surface area contributed by atoms with E-state index in [1.165, 1.54) is 0 Å². The van der Waals surface area contributed by atoms with Crippen LogP contribution < -0.4 is 0 Å². The molecule has 2 aromatic rings. The first-order chi connectivity index (χ1) is 7.62. The second kappa shape index (κ2) is 3.11. The van der Waals surface area contributed by atoms with Crippen molar-refractivity contribution in [2.75, 3.05) is 0 Å². The minimum absolute atomic E-state index is 0.231. The summed E-state index contributed by atoms with van der Waals surface area (Å²) in [7, 11) is 0. The summed E-state index contributed by atoms with van der Waals surface area (Å²) in [5, 5.41) is 1.81. The van der Waals surface area contributed by atoms with Crippen molar-refractivity contribution in [1.82, 2.24) is 4.98 Å². The number of aromatic amines is 1. The molecule has 16 heavy (non-hydrogen) atoms. The normalized spacial score (nSPS) is 17.6. The molecular formula is C13H12ClNO. The molecule has 2 nitrogen and oxygen atoms in total. The molecule has 0 unspecified atom stereocenters. The SMILES string of the molecule is CC(=O)C1(c2cc3cc(Cl)ccc3[nH]2)CC1. The van der Waals surface area contributed by atoms with E-state index in [-0.39, 0.29) is 11.2 Å². The average molecular weight is 234 g/mol. The van der Waals surface area contributed by atoms with Crippen molar-refractivity contribution < 1.29 is 4.79 Å². The molecule has 3 rings (SSSR count). The number of hydrogen-bond donors (Lipinski definition) is 1. The summed E-state index contributed by atoms with van der Waals surface area (Å²) in [5.41, 5.74) is 1.86. The minimum atomic E-state index is -0.231. The third kappa shape index (κ3) is 1.30. The Kier molecular flexibility index (Phi) is 1.93. The lowest BCUT2D eigenvalue weighted by Crippen LogP contribution is -2.17. The Hall–Kier alpha value is -1.28. The van der Waals surface area contributed by atoms with Crippen LogP contribution in [0.3, 0.4) is 0 Å². The van der Waals surface area contributed by atoms with Crippen molar-refractivity contribution in [3.05, 3.63) is 35.0 Å². The van der Waals surface area contributed by atoms with Gasteiger partial charge in [-0.3, -0.25) is 4.79 Å². The van der Waals surface area contributed by atoms with E-state index >= 15 is 0 Å². The molecule has 0 radical (unpaired) electrons. The molecule has 1 heterocycles. The van der Waals surface area contributed by atoms with Crippen molar-refractivity contribution in [3.63, 3.8) is 0 Å². The fraction of sp³-hybridized carbons (Fsp3) is 0.308. The van der Waals surface area contributed by atoms with Crippen LogP contribution in [0.4, 0.5) is 0 Å². The van der Waals surface area contributed by atoms with Crippen LogP contribution in [0.5, 0.6) is 0 Å². The van der Waals surface area contributed by atoms with Gasteiger partial charge in [0.2, 0.25) is 0 Å². The minimum Gasteiger partial charge on any atom is -0.358 e. The number of rotatable bonds is 2. The topological polar surface area (TPSA) is 32.9 Å². The standard InChI is InChI=1S/C13H12ClNO/c1-8(16)13(4-5-13)12-7-9-6-10(14)2-3-11(9)15-12/h2-3,6-7,15H,4-5H2,1H3. The molecular weight excluding hydrogens is 222 g/mol. The molecule has 1 aliphatic carbocycles. The average Bonchev–Trinajstić information content (AvgIpc) is 2.94. The third-order valence-electron chi connectivity index (χ3n) is 3.52. The van der Waals surface area contributed by atoms with E-state index in [0.717, 1.165) is 34.5 Å². The van der Waals surface area contributed by atoms with Gasteiger partial charge in [0, 0.05) is 21.6 Å². The van der Waals surface area contributed by atoms with E-state index in [2.05, 4.69) is 11.1 Å². The number of hydrogen-bond acceptors (Lipinski definition) is 1. The highest BCUT2D eigenvalue weighted by molar-refractivity contribution is 6.31. The molecule has 1 aliphatic rings. The Morgan fingerprint density at radius 2 is 2.12 bits per heavy atom. The number of halogens is 1. The van der Waals surface area contributed by atoms with Gasteiger partial charge >= 0.3 is 0 Å². The number of carbonyl (C=O) groups is 1. The number of aromatic nitrogens is 1.